The van der Waals surface area contributed by atoms with Gasteiger partial charge in [0.25, 0.3) is 0 Å². The van der Waals surface area contributed by atoms with Gasteiger partial charge in [0.05, 0.1) is 11.4 Å². The van der Waals surface area contributed by atoms with E-state index >= 15 is 0 Å². The average Bonchev–Trinajstić information content (AvgIpc) is 2.35. The van der Waals surface area contributed by atoms with E-state index in [9.17, 15) is 0 Å². The topological polar surface area (TPSA) is 64.1 Å². The Morgan fingerprint density at radius 3 is 2.71 bits per heavy atom. The first-order chi connectivity index (χ1) is 8.25. The van der Waals surface area contributed by atoms with Crippen molar-refractivity contribution in [3.63, 3.8) is 0 Å². The van der Waals surface area contributed by atoms with Crippen LogP contribution in [0.25, 0.3) is 0 Å². The number of hydrogen-bond donors (Lipinski definition) is 3. The van der Waals surface area contributed by atoms with Crippen LogP contribution in [0.4, 0.5) is 17.1 Å². The molecular formula is C14H21N3. The second kappa shape index (κ2) is 5.62. The Bertz CT molecular complexity index is 410. The molecule has 0 heterocycles. The molecule has 0 saturated carbocycles. The highest BCUT2D eigenvalue weighted by Gasteiger charge is 2.03. The zero-order valence-electron chi connectivity index (χ0n) is 10.2. The number of rotatable bonds is 4. The molecule has 0 bridgehead atoms. The van der Waals surface area contributed by atoms with Gasteiger partial charge in [-0.2, -0.15) is 0 Å². The number of hydrogen-bond acceptors (Lipinski definition) is 3. The van der Waals surface area contributed by atoms with Crippen molar-refractivity contribution in [3.05, 3.63) is 29.8 Å². The van der Waals surface area contributed by atoms with Gasteiger partial charge in [-0.3, -0.25) is 0 Å². The van der Waals surface area contributed by atoms with Crippen LogP contribution >= 0.6 is 0 Å². The van der Waals surface area contributed by atoms with E-state index in [0.29, 0.717) is 11.4 Å². The van der Waals surface area contributed by atoms with Crippen molar-refractivity contribution in [1.82, 2.24) is 0 Å². The lowest BCUT2D eigenvalue weighted by atomic mass is 9.97. The minimum absolute atomic E-state index is 0.644. The molecule has 17 heavy (non-hydrogen) atoms. The van der Waals surface area contributed by atoms with Gasteiger partial charge in [0.15, 0.2) is 0 Å². The van der Waals surface area contributed by atoms with Crippen molar-refractivity contribution in [3.8, 4) is 0 Å². The average molecular weight is 231 g/mol. The van der Waals surface area contributed by atoms with Gasteiger partial charge < -0.3 is 16.8 Å². The standard InChI is InChI=1S/C14H21N3/c15-13-7-6-12(10-14(13)16)17-9-8-11-4-2-1-3-5-11/h4,6-7,10,17H,1-3,5,8-9,15-16H2. The quantitative estimate of drug-likeness (QED) is 0.551. The monoisotopic (exact) mass is 231 g/mol. The van der Waals surface area contributed by atoms with Crippen LogP contribution in [0.1, 0.15) is 32.1 Å². The van der Waals surface area contributed by atoms with Crippen LogP contribution in [0, 0.1) is 0 Å². The zero-order chi connectivity index (χ0) is 12.1. The molecule has 0 radical (unpaired) electrons. The summed E-state index contributed by atoms with van der Waals surface area (Å²) in [7, 11) is 0. The zero-order valence-corrected chi connectivity index (χ0v) is 10.2. The maximum absolute atomic E-state index is 5.76. The second-order valence-electron chi connectivity index (χ2n) is 4.63. The van der Waals surface area contributed by atoms with Crippen LogP contribution in [0.15, 0.2) is 29.8 Å². The van der Waals surface area contributed by atoms with Gasteiger partial charge in [-0.25, -0.2) is 0 Å². The van der Waals surface area contributed by atoms with Crippen LogP contribution in [-0.4, -0.2) is 6.54 Å². The first-order valence-electron chi connectivity index (χ1n) is 6.32. The second-order valence-corrected chi connectivity index (χ2v) is 4.63. The summed E-state index contributed by atoms with van der Waals surface area (Å²) in [6.45, 7) is 0.967. The molecule has 0 aliphatic heterocycles. The number of allylic oxidation sites excluding steroid dienone is 1. The van der Waals surface area contributed by atoms with Gasteiger partial charge in [0, 0.05) is 12.2 Å². The summed E-state index contributed by atoms with van der Waals surface area (Å²) in [6.07, 6.45) is 8.74. The molecule has 92 valence electrons. The third kappa shape index (κ3) is 3.41. The number of nitrogens with one attached hydrogen (secondary N) is 1. The summed E-state index contributed by atoms with van der Waals surface area (Å²) in [4.78, 5) is 0. The van der Waals surface area contributed by atoms with Crippen molar-refractivity contribution in [2.24, 2.45) is 0 Å². The normalized spacial score (nSPS) is 15.4. The molecule has 3 nitrogen and oxygen atoms in total. The van der Waals surface area contributed by atoms with Crippen LogP contribution in [0.2, 0.25) is 0 Å². The van der Waals surface area contributed by atoms with Crippen molar-refractivity contribution < 1.29 is 0 Å². The molecule has 0 aromatic heterocycles. The van der Waals surface area contributed by atoms with E-state index in [1.165, 1.54) is 25.7 Å². The Kier molecular flexibility index (Phi) is 3.91. The smallest absolute Gasteiger partial charge is 0.0568 e. The molecule has 2 rings (SSSR count). The van der Waals surface area contributed by atoms with Gasteiger partial charge in [0.2, 0.25) is 0 Å². The van der Waals surface area contributed by atoms with Crippen molar-refractivity contribution in [2.45, 2.75) is 32.1 Å². The molecule has 0 amide bonds. The molecule has 0 atom stereocenters. The van der Waals surface area contributed by atoms with E-state index < -0.39 is 0 Å². The maximum atomic E-state index is 5.76. The summed E-state index contributed by atoms with van der Waals surface area (Å²) in [6, 6.07) is 5.71. The molecule has 1 aromatic carbocycles. The molecule has 0 fully saturated rings. The van der Waals surface area contributed by atoms with E-state index in [0.717, 1.165) is 18.7 Å². The minimum Gasteiger partial charge on any atom is -0.397 e. The highest BCUT2D eigenvalue weighted by molar-refractivity contribution is 5.69. The lowest BCUT2D eigenvalue weighted by Gasteiger charge is -2.13. The Morgan fingerprint density at radius 2 is 2.00 bits per heavy atom. The predicted molar refractivity (Wildman–Crippen MR) is 74.9 cm³/mol. The Balaban J connectivity index is 1.81. The van der Waals surface area contributed by atoms with Crippen LogP contribution in [-0.2, 0) is 0 Å². The van der Waals surface area contributed by atoms with E-state index in [1.54, 1.807) is 5.57 Å². The SMILES string of the molecule is Nc1ccc(NCCC2=CCCCC2)cc1N. The Labute approximate surface area is 103 Å². The summed E-state index contributed by atoms with van der Waals surface area (Å²) in [5.41, 5.74) is 15.4. The summed E-state index contributed by atoms with van der Waals surface area (Å²) >= 11 is 0. The molecule has 3 heteroatoms. The number of anilines is 3. The fraction of sp³-hybridized carbons (Fsp3) is 0.429. The van der Waals surface area contributed by atoms with Crippen molar-refractivity contribution in [1.29, 1.82) is 0 Å². The summed E-state index contributed by atoms with van der Waals surface area (Å²) < 4.78 is 0. The molecule has 0 unspecified atom stereocenters. The minimum atomic E-state index is 0.644. The van der Waals surface area contributed by atoms with Crippen LogP contribution < -0.4 is 16.8 Å². The fourth-order valence-electron chi connectivity index (χ4n) is 2.18. The molecule has 1 aliphatic rings. The third-order valence-electron chi connectivity index (χ3n) is 3.25. The van der Waals surface area contributed by atoms with E-state index in [4.69, 9.17) is 11.5 Å². The predicted octanol–water partition coefficient (Wildman–Crippen LogP) is 3.15. The first kappa shape index (κ1) is 11.8. The summed E-state index contributed by atoms with van der Waals surface area (Å²) in [5.74, 6) is 0. The van der Waals surface area contributed by atoms with E-state index in [2.05, 4.69) is 11.4 Å². The largest absolute Gasteiger partial charge is 0.397 e. The van der Waals surface area contributed by atoms with Crippen molar-refractivity contribution in [2.75, 3.05) is 23.3 Å². The highest BCUT2D eigenvalue weighted by atomic mass is 14.9. The molecule has 1 aliphatic carbocycles. The van der Waals surface area contributed by atoms with Gasteiger partial charge in [-0.15, -0.1) is 0 Å². The lowest BCUT2D eigenvalue weighted by Crippen LogP contribution is -2.05. The third-order valence-corrected chi connectivity index (χ3v) is 3.25. The van der Waals surface area contributed by atoms with E-state index in [-0.39, 0.29) is 0 Å². The van der Waals surface area contributed by atoms with Gasteiger partial charge in [-0.1, -0.05) is 11.6 Å². The van der Waals surface area contributed by atoms with Gasteiger partial charge in [0.1, 0.15) is 0 Å². The molecular weight excluding hydrogens is 210 g/mol. The number of nitrogen functional groups attached to an aromatic ring is 2. The van der Waals surface area contributed by atoms with E-state index in [1.807, 2.05) is 18.2 Å². The Hall–Kier alpha value is -1.64. The molecule has 5 N–H and O–H groups in total. The first-order valence-corrected chi connectivity index (χ1v) is 6.32. The van der Waals surface area contributed by atoms with Gasteiger partial charge in [-0.05, 0) is 50.3 Å². The molecule has 1 aromatic rings. The summed E-state index contributed by atoms with van der Waals surface area (Å²) in [5, 5.41) is 3.38. The lowest BCUT2D eigenvalue weighted by molar-refractivity contribution is 0.679. The Morgan fingerprint density at radius 1 is 1.12 bits per heavy atom. The number of benzene rings is 1. The van der Waals surface area contributed by atoms with Gasteiger partial charge >= 0.3 is 0 Å². The van der Waals surface area contributed by atoms with Crippen LogP contribution in [0.3, 0.4) is 0 Å². The number of nitrogens with two attached hydrogens (primary N) is 2. The van der Waals surface area contributed by atoms with Crippen molar-refractivity contribution >= 4 is 17.1 Å². The molecule has 0 saturated heterocycles. The fourth-order valence-corrected chi connectivity index (χ4v) is 2.18. The molecule has 0 spiro atoms. The maximum Gasteiger partial charge on any atom is 0.0568 e. The van der Waals surface area contributed by atoms with Crippen LogP contribution in [0.5, 0.6) is 0 Å². The highest BCUT2D eigenvalue weighted by Crippen LogP contribution is 2.22.